The van der Waals surface area contributed by atoms with E-state index in [1.165, 1.54) is 12.0 Å². The van der Waals surface area contributed by atoms with Gasteiger partial charge in [0.25, 0.3) is 0 Å². The number of hydrogen-bond donors (Lipinski definition) is 2. The molecule has 1 saturated heterocycles. The zero-order chi connectivity index (χ0) is 20.7. The Hall–Kier alpha value is -3.03. The van der Waals surface area contributed by atoms with Crippen molar-refractivity contribution in [3.8, 4) is 11.5 Å². The number of carbonyl (C=O) groups is 2. The molecule has 1 atom stereocenters. The van der Waals surface area contributed by atoms with E-state index in [0.717, 1.165) is 0 Å². The molecule has 1 heterocycles. The van der Waals surface area contributed by atoms with Crippen molar-refractivity contribution >= 4 is 18.0 Å². The van der Waals surface area contributed by atoms with Crippen LogP contribution >= 0.6 is 0 Å². The van der Waals surface area contributed by atoms with Gasteiger partial charge in [0.1, 0.15) is 11.5 Å². The van der Waals surface area contributed by atoms with Crippen molar-refractivity contribution in [2.75, 3.05) is 14.2 Å². The standard InChI is InChI=1S/C20H27N3O5/c1-5-7-10-20(6-2)12-17(24)23(18(22-20)21-19(25)26)13-14-8-9-15(27-3)11-16(14)28-4/h5,8-9,11H,1,6-7,10,12-13H2,2-4H3,(H,21,22)(H,25,26). The molecule has 152 valence electrons. The molecule has 1 unspecified atom stereocenters. The molecule has 8 heteroatoms. The van der Waals surface area contributed by atoms with Gasteiger partial charge in [-0.3, -0.25) is 9.69 Å². The number of carboxylic acid groups (broad SMARTS) is 1. The first-order chi connectivity index (χ1) is 13.4. The number of guanidine groups is 1. The van der Waals surface area contributed by atoms with E-state index in [9.17, 15) is 14.7 Å². The average Bonchev–Trinajstić information content (AvgIpc) is 2.68. The summed E-state index contributed by atoms with van der Waals surface area (Å²) in [7, 11) is 3.08. The van der Waals surface area contributed by atoms with Crippen LogP contribution in [0.5, 0.6) is 11.5 Å². The van der Waals surface area contributed by atoms with Crippen LogP contribution in [0.25, 0.3) is 0 Å². The summed E-state index contributed by atoms with van der Waals surface area (Å²) in [5.41, 5.74) is 0.173. The summed E-state index contributed by atoms with van der Waals surface area (Å²) in [6, 6.07) is 5.25. The number of allylic oxidation sites excluding steroid dienone is 1. The second-order valence-electron chi connectivity index (χ2n) is 6.64. The third kappa shape index (κ3) is 4.82. The molecular weight excluding hydrogens is 362 g/mol. The molecular formula is C20H27N3O5. The van der Waals surface area contributed by atoms with Gasteiger partial charge in [0.05, 0.1) is 27.2 Å². The Morgan fingerprint density at radius 1 is 1.43 bits per heavy atom. The van der Waals surface area contributed by atoms with Gasteiger partial charge in [-0.1, -0.05) is 13.0 Å². The number of rotatable bonds is 8. The summed E-state index contributed by atoms with van der Waals surface area (Å²) in [6.07, 6.45) is 2.70. The minimum Gasteiger partial charge on any atom is -0.497 e. The Bertz CT molecular complexity index is 777. The molecule has 0 aliphatic carbocycles. The number of nitrogens with zero attached hydrogens (tertiary/aromatic N) is 2. The van der Waals surface area contributed by atoms with Crippen molar-refractivity contribution in [1.82, 2.24) is 10.2 Å². The van der Waals surface area contributed by atoms with Crippen molar-refractivity contribution in [3.05, 3.63) is 36.4 Å². The molecule has 0 radical (unpaired) electrons. The third-order valence-corrected chi connectivity index (χ3v) is 4.95. The minimum atomic E-state index is -1.36. The Morgan fingerprint density at radius 2 is 2.18 bits per heavy atom. The summed E-state index contributed by atoms with van der Waals surface area (Å²) in [4.78, 5) is 29.2. The fraction of sp³-hybridized carbons (Fsp3) is 0.450. The highest BCUT2D eigenvalue weighted by Crippen LogP contribution is 2.30. The normalized spacial score (nSPS) is 20.6. The van der Waals surface area contributed by atoms with Crippen LogP contribution in [-0.4, -0.2) is 47.7 Å². The van der Waals surface area contributed by atoms with Crippen LogP contribution < -0.4 is 14.8 Å². The van der Waals surface area contributed by atoms with Gasteiger partial charge in [-0.25, -0.2) is 4.79 Å². The highest BCUT2D eigenvalue weighted by molar-refractivity contribution is 6.03. The predicted molar refractivity (Wildman–Crippen MR) is 106 cm³/mol. The van der Waals surface area contributed by atoms with Crippen molar-refractivity contribution in [1.29, 1.82) is 0 Å². The molecule has 0 saturated carbocycles. The quantitative estimate of drug-likeness (QED) is 0.663. The molecule has 1 aliphatic rings. The Kier molecular flexibility index (Phi) is 7.03. The number of ether oxygens (including phenoxy) is 2. The van der Waals surface area contributed by atoms with Crippen LogP contribution in [0, 0.1) is 0 Å². The van der Waals surface area contributed by atoms with E-state index in [0.29, 0.717) is 36.3 Å². The van der Waals surface area contributed by atoms with Crippen LogP contribution in [0.3, 0.4) is 0 Å². The number of nitrogens with one attached hydrogen (secondary N) is 1. The third-order valence-electron chi connectivity index (χ3n) is 4.95. The lowest BCUT2D eigenvalue weighted by molar-refractivity contribution is -0.131. The summed E-state index contributed by atoms with van der Waals surface area (Å²) < 4.78 is 10.6. The maximum atomic E-state index is 13.0. The Balaban J connectivity index is 2.36. The van der Waals surface area contributed by atoms with Crippen molar-refractivity contribution < 1.29 is 24.2 Å². The van der Waals surface area contributed by atoms with E-state index < -0.39 is 11.6 Å². The van der Waals surface area contributed by atoms with Crippen LogP contribution in [0.2, 0.25) is 0 Å². The summed E-state index contributed by atoms with van der Waals surface area (Å²) in [6.45, 7) is 5.82. The number of methoxy groups -OCH3 is 2. The summed E-state index contributed by atoms with van der Waals surface area (Å²) in [5, 5.41) is 12.4. The van der Waals surface area contributed by atoms with E-state index in [2.05, 4.69) is 16.9 Å². The van der Waals surface area contributed by atoms with E-state index in [1.807, 2.05) is 6.92 Å². The number of benzene rings is 1. The molecule has 0 spiro atoms. The number of aliphatic imine (C=N–C) groups is 1. The zero-order valence-electron chi connectivity index (χ0n) is 16.5. The average molecular weight is 389 g/mol. The molecule has 1 aromatic carbocycles. The lowest BCUT2D eigenvalue weighted by Gasteiger charge is -2.43. The van der Waals surface area contributed by atoms with E-state index >= 15 is 0 Å². The van der Waals surface area contributed by atoms with Gasteiger partial charge in [0.15, 0.2) is 0 Å². The van der Waals surface area contributed by atoms with Crippen LogP contribution in [0.15, 0.2) is 35.8 Å². The summed E-state index contributed by atoms with van der Waals surface area (Å²) >= 11 is 0. The molecule has 8 nitrogen and oxygen atoms in total. The molecule has 0 bridgehead atoms. The molecule has 2 N–H and O–H groups in total. The lowest BCUT2D eigenvalue weighted by Crippen LogP contribution is -2.62. The fourth-order valence-corrected chi connectivity index (χ4v) is 3.27. The highest BCUT2D eigenvalue weighted by atomic mass is 16.5. The predicted octanol–water partition coefficient (Wildman–Crippen LogP) is 3.17. The van der Waals surface area contributed by atoms with Crippen molar-refractivity contribution in [2.24, 2.45) is 4.99 Å². The number of carbonyl (C=O) groups excluding carboxylic acids is 1. The van der Waals surface area contributed by atoms with Gasteiger partial charge in [0.2, 0.25) is 11.9 Å². The highest BCUT2D eigenvalue weighted by Gasteiger charge is 2.40. The smallest absolute Gasteiger partial charge is 0.434 e. The molecule has 2 amide bonds. The van der Waals surface area contributed by atoms with Gasteiger partial charge >= 0.3 is 6.09 Å². The molecule has 28 heavy (non-hydrogen) atoms. The van der Waals surface area contributed by atoms with E-state index in [1.54, 1.807) is 31.4 Å². The fourth-order valence-electron chi connectivity index (χ4n) is 3.27. The van der Waals surface area contributed by atoms with Crippen molar-refractivity contribution in [3.63, 3.8) is 0 Å². The van der Waals surface area contributed by atoms with Gasteiger partial charge in [0, 0.05) is 17.2 Å². The molecule has 0 aromatic heterocycles. The number of hydrogen-bond acceptors (Lipinski definition) is 4. The second kappa shape index (κ2) is 9.25. The monoisotopic (exact) mass is 389 g/mol. The first-order valence-electron chi connectivity index (χ1n) is 9.10. The van der Waals surface area contributed by atoms with Gasteiger partial charge in [-0.15, -0.1) is 11.6 Å². The molecule has 2 rings (SSSR count). The summed E-state index contributed by atoms with van der Waals surface area (Å²) in [5.74, 6) is 1.01. The lowest BCUT2D eigenvalue weighted by atomic mass is 9.84. The van der Waals surface area contributed by atoms with E-state index in [4.69, 9.17) is 9.47 Å². The topological polar surface area (TPSA) is 100 Å². The van der Waals surface area contributed by atoms with E-state index in [-0.39, 0.29) is 24.8 Å². The molecule has 1 fully saturated rings. The van der Waals surface area contributed by atoms with Gasteiger partial charge in [-0.05, 0) is 31.4 Å². The molecule has 1 aromatic rings. The molecule has 1 aliphatic heterocycles. The largest absolute Gasteiger partial charge is 0.497 e. The van der Waals surface area contributed by atoms with Gasteiger partial charge < -0.3 is 19.9 Å². The van der Waals surface area contributed by atoms with Gasteiger partial charge in [-0.2, -0.15) is 0 Å². The Labute approximate surface area is 164 Å². The Morgan fingerprint density at radius 3 is 2.75 bits per heavy atom. The first-order valence-corrected chi connectivity index (χ1v) is 9.10. The SMILES string of the molecule is C=CCCC1(CC)CC(=O)N(Cc2ccc(OC)cc2OC)C(=NC(=O)O)N1. The zero-order valence-corrected chi connectivity index (χ0v) is 16.5. The van der Waals surface area contributed by atoms with Crippen LogP contribution in [-0.2, 0) is 11.3 Å². The maximum absolute atomic E-state index is 13.0. The minimum absolute atomic E-state index is 0.0348. The van der Waals surface area contributed by atoms with Crippen LogP contribution in [0.4, 0.5) is 4.79 Å². The first kappa shape index (κ1) is 21.3. The van der Waals surface area contributed by atoms with Crippen molar-refractivity contribution in [2.45, 2.75) is 44.7 Å². The van der Waals surface area contributed by atoms with Crippen LogP contribution in [0.1, 0.15) is 38.2 Å². The number of amides is 2. The second-order valence-corrected chi connectivity index (χ2v) is 6.64. The maximum Gasteiger partial charge on any atom is 0.434 e.